The average molecular weight is 318 g/mol. The van der Waals surface area contributed by atoms with Gasteiger partial charge in [-0.25, -0.2) is 9.18 Å². The van der Waals surface area contributed by atoms with Crippen LogP contribution in [0.25, 0.3) is 0 Å². The number of hydrogen-bond donors (Lipinski definition) is 1. The summed E-state index contributed by atoms with van der Waals surface area (Å²) in [6, 6.07) is 4.49. The quantitative estimate of drug-likeness (QED) is 0.924. The molecule has 0 saturated carbocycles. The molecule has 0 aliphatic heterocycles. The Morgan fingerprint density at radius 1 is 1.44 bits per heavy atom. The van der Waals surface area contributed by atoms with Gasteiger partial charge in [-0.2, -0.15) is 0 Å². The van der Waals surface area contributed by atoms with E-state index < -0.39 is 11.7 Å². The second-order valence-corrected chi connectivity index (χ2v) is 5.77. The summed E-state index contributed by atoms with van der Waals surface area (Å²) in [7, 11) is 0. The summed E-state index contributed by atoms with van der Waals surface area (Å²) in [5.41, 5.74) is 0.438. The maximum absolute atomic E-state index is 12.9. The van der Waals surface area contributed by atoms with E-state index in [2.05, 4.69) is 21.2 Å². The first-order valence-electron chi connectivity index (χ1n) is 5.69. The number of alkyl carbamates (subject to hydrolysis) is 1. The fraction of sp³-hybridized carbons (Fsp3) is 0.462. The summed E-state index contributed by atoms with van der Waals surface area (Å²) in [5.74, 6) is -0.286. The van der Waals surface area contributed by atoms with Crippen LogP contribution in [0, 0.1) is 5.82 Å². The Morgan fingerprint density at radius 3 is 2.67 bits per heavy atom. The molecule has 0 aliphatic rings. The summed E-state index contributed by atoms with van der Waals surface area (Å²) in [4.78, 5) is 11.4. The Balaban J connectivity index is 2.40. The van der Waals surface area contributed by atoms with Crippen molar-refractivity contribution in [2.24, 2.45) is 0 Å². The van der Waals surface area contributed by atoms with Crippen molar-refractivity contribution in [3.63, 3.8) is 0 Å². The van der Waals surface area contributed by atoms with E-state index in [4.69, 9.17) is 4.74 Å². The molecule has 1 amide bonds. The summed E-state index contributed by atoms with van der Waals surface area (Å²) in [5, 5.41) is 2.65. The standard InChI is InChI=1S/C13H17BrFNO2/c1-13(2,3)18-12(17)16-7-6-9-4-5-10(15)8-11(9)14/h4-5,8H,6-7H2,1-3H3,(H,16,17). The summed E-state index contributed by atoms with van der Waals surface area (Å²) < 4.78 is 18.7. The zero-order valence-corrected chi connectivity index (χ0v) is 12.3. The number of hydrogen-bond acceptors (Lipinski definition) is 2. The van der Waals surface area contributed by atoms with Crippen molar-refractivity contribution < 1.29 is 13.9 Å². The SMILES string of the molecule is CC(C)(C)OC(=O)NCCc1ccc(F)cc1Br. The number of amides is 1. The zero-order valence-electron chi connectivity index (χ0n) is 10.7. The van der Waals surface area contributed by atoms with Gasteiger partial charge in [-0.3, -0.25) is 0 Å². The highest BCUT2D eigenvalue weighted by Crippen LogP contribution is 2.18. The lowest BCUT2D eigenvalue weighted by molar-refractivity contribution is 0.0528. The maximum Gasteiger partial charge on any atom is 0.407 e. The van der Waals surface area contributed by atoms with Crippen LogP contribution in [0.1, 0.15) is 26.3 Å². The molecular weight excluding hydrogens is 301 g/mol. The van der Waals surface area contributed by atoms with Crippen molar-refractivity contribution in [2.45, 2.75) is 32.8 Å². The minimum atomic E-state index is -0.499. The third-order valence-electron chi connectivity index (χ3n) is 2.08. The van der Waals surface area contributed by atoms with Gasteiger partial charge in [-0.05, 0) is 44.9 Å². The van der Waals surface area contributed by atoms with Crippen molar-refractivity contribution >= 4 is 22.0 Å². The fourth-order valence-corrected chi connectivity index (χ4v) is 1.89. The van der Waals surface area contributed by atoms with Gasteiger partial charge in [0.25, 0.3) is 0 Å². The average Bonchev–Trinajstić information content (AvgIpc) is 2.18. The lowest BCUT2D eigenvalue weighted by Crippen LogP contribution is -2.33. The summed E-state index contributed by atoms with van der Waals surface area (Å²) in [6.07, 6.45) is 0.167. The van der Waals surface area contributed by atoms with E-state index in [1.807, 2.05) is 20.8 Å². The van der Waals surface area contributed by atoms with Crippen molar-refractivity contribution in [3.8, 4) is 0 Å². The van der Waals surface area contributed by atoms with E-state index in [0.717, 1.165) is 5.56 Å². The largest absolute Gasteiger partial charge is 0.444 e. The zero-order chi connectivity index (χ0) is 13.8. The molecule has 0 bridgehead atoms. The Bertz CT molecular complexity index is 429. The molecule has 0 spiro atoms. The first-order valence-corrected chi connectivity index (χ1v) is 6.48. The molecule has 0 unspecified atom stereocenters. The first kappa shape index (κ1) is 15.0. The number of rotatable bonds is 3. The number of benzene rings is 1. The number of ether oxygens (including phenoxy) is 1. The van der Waals surface area contributed by atoms with Crippen molar-refractivity contribution in [2.75, 3.05) is 6.54 Å². The molecule has 0 fully saturated rings. The van der Waals surface area contributed by atoms with E-state index in [1.54, 1.807) is 6.07 Å². The van der Waals surface area contributed by atoms with Gasteiger partial charge in [0.1, 0.15) is 11.4 Å². The van der Waals surface area contributed by atoms with Crippen molar-refractivity contribution in [1.29, 1.82) is 0 Å². The highest BCUT2D eigenvalue weighted by Gasteiger charge is 2.15. The van der Waals surface area contributed by atoms with E-state index >= 15 is 0 Å². The molecule has 3 nitrogen and oxygen atoms in total. The lowest BCUT2D eigenvalue weighted by atomic mass is 10.1. The number of carbonyl (C=O) groups is 1. The minimum Gasteiger partial charge on any atom is -0.444 e. The third kappa shape index (κ3) is 5.49. The van der Waals surface area contributed by atoms with Crippen LogP contribution >= 0.6 is 15.9 Å². The molecule has 0 radical (unpaired) electrons. The molecular formula is C13H17BrFNO2. The van der Waals surface area contributed by atoms with Crippen molar-refractivity contribution in [1.82, 2.24) is 5.32 Å². The van der Waals surface area contributed by atoms with Gasteiger partial charge in [-0.15, -0.1) is 0 Å². The predicted octanol–water partition coefficient (Wildman–Crippen LogP) is 3.66. The molecule has 0 aromatic heterocycles. The smallest absolute Gasteiger partial charge is 0.407 e. The molecule has 18 heavy (non-hydrogen) atoms. The Labute approximate surface area is 115 Å². The van der Waals surface area contributed by atoms with Crippen LogP contribution in [0.4, 0.5) is 9.18 Å². The van der Waals surface area contributed by atoms with Gasteiger partial charge >= 0.3 is 6.09 Å². The summed E-state index contributed by atoms with van der Waals surface area (Å²) in [6.45, 7) is 5.87. The maximum atomic E-state index is 12.9. The Hall–Kier alpha value is -1.10. The Kier molecular flexibility index (Phi) is 5.14. The van der Waals surface area contributed by atoms with E-state index in [1.165, 1.54) is 12.1 Å². The first-order chi connectivity index (χ1) is 8.28. The molecule has 1 aromatic rings. The number of halogens is 2. The molecule has 1 rings (SSSR count). The highest BCUT2D eigenvalue weighted by atomic mass is 79.9. The lowest BCUT2D eigenvalue weighted by Gasteiger charge is -2.19. The van der Waals surface area contributed by atoms with E-state index in [9.17, 15) is 9.18 Å². The Morgan fingerprint density at radius 2 is 2.11 bits per heavy atom. The van der Waals surface area contributed by atoms with Crippen LogP contribution < -0.4 is 5.32 Å². The van der Waals surface area contributed by atoms with Crippen molar-refractivity contribution in [3.05, 3.63) is 34.1 Å². The molecule has 0 aliphatic carbocycles. The van der Waals surface area contributed by atoms with Crippen LogP contribution in [0.3, 0.4) is 0 Å². The second-order valence-electron chi connectivity index (χ2n) is 4.91. The second kappa shape index (κ2) is 6.18. The third-order valence-corrected chi connectivity index (χ3v) is 2.82. The molecule has 1 aromatic carbocycles. The monoisotopic (exact) mass is 317 g/mol. The van der Waals surface area contributed by atoms with E-state index in [0.29, 0.717) is 17.4 Å². The minimum absolute atomic E-state index is 0.286. The van der Waals surface area contributed by atoms with Gasteiger partial charge in [0, 0.05) is 11.0 Å². The van der Waals surface area contributed by atoms with Crippen LogP contribution in [-0.4, -0.2) is 18.2 Å². The molecule has 0 saturated heterocycles. The predicted molar refractivity (Wildman–Crippen MR) is 72.0 cm³/mol. The van der Waals surface area contributed by atoms with Crippen LogP contribution in [0.2, 0.25) is 0 Å². The highest BCUT2D eigenvalue weighted by molar-refractivity contribution is 9.10. The molecule has 5 heteroatoms. The van der Waals surface area contributed by atoms with Gasteiger partial charge in [-0.1, -0.05) is 22.0 Å². The fourth-order valence-electron chi connectivity index (χ4n) is 1.34. The van der Waals surface area contributed by atoms with Gasteiger partial charge in [0.15, 0.2) is 0 Å². The van der Waals surface area contributed by atoms with Crippen LogP contribution in [0.15, 0.2) is 22.7 Å². The van der Waals surface area contributed by atoms with E-state index in [-0.39, 0.29) is 5.82 Å². The normalized spacial score (nSPS) is 11.2. The van der Waals surface area contributed by atoms with Gasteiger partial charge in [0.05, 0.1) is 0 Å². The number of nitrogens with one attached hydrogen (secondary N) is 1. The number of carbonyl (C=O) groups excluding carboxylic acids is 1. The van der Waals surface area contributed by atoms with Crippen LogP contribution in [-0.2, 0) is 11.2 Å². The summed E-state index contributed by atoms with van der Waals surface area (Å²) >= 11 is 3.28. The van der Waals surface area contributed by atoms with Gasteiger partial charge < -0.3 is 10.1 Å². The molecule has 0 heterocycles. The van der Waals surface area contributed by atoms with Crippen LogP contribution in [0.5, 0.6) is 0 Å². The molecule has 1 N–H and O–H groups in total. The molecule has 100 valence electrons. The topological polar surface area (TPSA) is 38.3 Å². The van der Waals surface area contributed by atoms with Gasteiger partial charge in [0.2, 0.25) is 0 Å². The molecule has 0 atom stereocenters.